The molecule has 0 amide bonds. The van der Waals surface area contributed by atoms with Crippen LogP contribution < -0.4 is 0 Å². The summed E-state index contributed by atoms with van der Waals surface area (Å²) in [6, 6.07) is 0. The molecule has 0 radical (unpaired) electrons. The van der Waals surface area contributed by atoms with Gasteiger partial charge in [0.1, 0.15) is 5.78 Å². The molecular weight excluding hydrogens is 244 g/mol. The van der Waals surface area contributed by atoms with Crippen molar-refractivity contribution in [1.29, 1.82) is 0 Å². The van der Waals surface area contributed by atoms with Crippen molar-refractivity contribution >= 4 is 5.78 Å². The maximum atomic E-state index is 11.9. The average molecular weight is 274 g/mol. The summed E-state index contributed by atoms with van der Waals surface area (Å²) in [5.74, 6) is 4.20. The van der Waals surface area contributed by atoms with Gasteiger partial charge >= 0.3 is 0 Å². The molecule has 0 aliphatic heterocycles. The van der Waals surface area contributed by atoms with Crippen LogP contribution in [0.25, 0.3) is 0 Å². The van der Waals surface area contributed by atoms with Crippen LogP contribution in [0.4, 0.5) is 0 Å². The zero-order valence-corrected chi connectivity index (χ0v) is 13.3. The number of carbonyl (C=O) groups is 1. The van der Waals surface area contributed by atoms with Crippen molar-refractivity contribution in [3.8, 4) is 0 Å². The fourth-order valence-corrected chi connectivity index (χ4v) is 7.04. The minimum Gasteiger partial charge on any atom is -0.300 e. The predicted octanol–water partition coefficient (Wildman–Crippen LogP) is 4.99. The lowest BCUT2D eigenvalue weighted by Gasteiger charge is -2.59. The molecule has 0 aromatic heterocycles. The quantitative estimate of drug-likeness (QED) is 0.608. The van der Waals surface area contributed by atoms with E-state index >= 15 is 0 Å². The zero-order valence-electron chi connectivity index (χ0n) is 13.3. The average Bonchev–Trinajstić information content (AvgIpc) is 2.81. The van der Waals surface area contributed by atoms with Crippen molar-refractivity contribution in [2.75, 3.05) is 0 Å². The summed E-state index contributed by atoms with van der Waals surface area (Å²) in [7, 11) is 0. The number of carbonyl (C=O) groups excluding carboxylic acids is 1. The van der Waals surface area contributed by atoms with Gasteiger partial charge in [-0.1, -0.05) is 20.3 Å². The Morgan fingerprint density at radius 1 is 0.950 bits per heavy atom. The van der Waals surface area contributed by atoms with Gasteiger partial charge in [0.25, 0.3) is 0 Å². The molecule has 1 heteroatoms. The normalized spacial score (nSPS) is 55.0. The topological polar surface area (TPSA) is 17.1 Å². The van der Waals surface area contributed by atoms with Crippen LogP contribution in [0, 0.1) is 34.5 Å². The Morgan fingerprint density at radius 2 is 1.80 bits per heavy atom. The predicted molar refractivity (Wildman–Crippen MR) is 81.4 cm³/mol. The summed E-state index contributed by atoms with van der Waals surface area (Å²) in [5.41, 5.74) is 1.18. The molecule has 4 rings (SSSR count). The van der Waals surface area contributed by atoms with E-state index in [1.165, 1.54) is 51.4 Å². The largest absolute Gasteiger partial charge is 0.300 e. The van der Waals surface area contributed by atoms with Gasteiger partial charge in [-0.3, -0.25) is 4.79 Å². The third kappa shape index (κ3) is 1.70. The standard InChI is InChI=1S/C19H30O/c1-18-9-3-4-16(18)15-6-5-13-12-14(20)7-11-19(13,2)17(15)8-10-18/h13,15-17H,3-12H2,1-2H3/t13-,15+,16-,17-,18+,19+/m1/s1. The minimum atomic E-state index is 0.501. The van der Waals surface area contributed by atoms with E-state index in [2.05, 4.69) is 13.8 Å². The Morgan fingerprint density at radius 3 is 2.65 bits per heavy atom. The number of fused-ring (bicyclic) bond motifs is 5. The molecule has 20 heavy (non-hydrogen) atoms. The highest BCUT2D eigenvalue weighted by atomic mass is 16.1. The molecule has 0 N–H and O–H groups in total. The van der Waals surface area contributed by atoms with Crippen molar-refractivity contribution in [3.63, 3.8) is 0 Å². The lowest BCUT2D eigenvalue weighted by atomic mass is 9.45. The Labute approximate surface area is 123 Å². The Balaban J connectivity index is 1.64. The van der Waals surface area contributed by atoms with Crippen molar-refractivity contribution in [3.05, 3.63) is 0 Å². The minimum absolute atomic E-state index is 0.501. The van der Waals surface area contributed by atoms with E-state index in [4.69, 9.17) is 0 Å². The van der Waals surface area contributed by atoms with Crippen LogP contribution >= 0.6 is 0 Å². The molecule has 112 valence electrons. The van der Waals surface area contributed by atoms with E-state index in [1.807, 2.05) is 0 Å². The fraction of sp³-hybridized carbons (Fsp3) is 0.947. The van der Waals surface area contributed by atoms with Gasteiger partial charge in [0, 0.05) is 12.8 Å². The number of hydrogen-bond acceptors (Lipinski definition) is 1. The second kappa shape index (κ2) is 4.34. The molecule has 0 saturated heterocycles. The molecule has 1 nitrogen and oxygen atoms in total. The second-order valence-corrected chi connectivity index (χ2v) is 8.98. The summed E-state index contributed by atoms with van der Waals surface area (Å²) >= 11 is 0. The van der Waals surface area contributed by atoms with Crippen LogP contribution in [0.1, 0.15) is 78.1 Å². The molecule has 4 saturated carbocycles. The van der Waals surface area contributed by atoms with Crippen molar-refractivity contribution < 1.29 is 4.79 Å². The van der Waals surface area contributed by atoms with E-state index in [0.29, 0.717) is 16.6 Å². The van der Waals surface area contributed by atoms with Gasteiger partial charge in [-0.2, -0.15) is 0 Å². The highest BCUT2D eigenvalue weighted by Gasteiger charge is 2.57. The lowest BCUT2D eigenvalue weighted by Crippen LogP contribution is -2.52. The third-order valence-corrected chi connectivity index (χ3v) is 8.26. The molecule has 0 spiro atoms. The molecule has 4 fully saturated rings. The summed E-state index contributed by atoms with van der Waals surface area (Å²) < 4.78 is 0. The SMILES string of the molecule is C[C@@]12CCC[C@@H]1[C@@H]1CC[C@@H]3CC(=O)CC[C@]3(C)[C@@H]1CC2. The van der Waals surface area contributed by atoms with E-state index < -0.39 is 0 Å². The Kier molecular flexibility index (Phi) is 2.89. The third-order valence-electron chi connectivity index (χ3n) is 8.26. The van der Waals surface area contributed by atoms with Crippen LogP contribution in [0.5, 0.6) is 0 Å². The van der Waals surface area contributed by atoms with Gasteiger partial charge in [-0.15, -0.1) is 0 Å². The highest BCUT2D eigenvalue weighted by Crippen LogP contribution is 2.65. The van der Waals surface area contributed by atoms with Gasteiger partial charge in [0.15, 0.2) is 0 Å². The van der Waals surface area contributed by atoms with Gasteiger partial charge < -0.3 is 0 Å². The molecule has 0 heterocycles. The molecule has 4 aliphatic carbocycles. The fourth-order valence-electron chi connectivity index (χ4n) is 7.04. The summed E-state index contributed by atoms with van der Waals surface area (Å²) in [6.45, 7) is 5.14. The molecule has 6 atom stereocenters. The molecular formula is C19H30O. The Hall–Kier alpha value is -0.330. The van der Waals surface area contributed by atoms with Crippen LogP contribution in [0.15, 0.2) is 0 Å². The lowest BCUT2D eigenvalue weighted by molar-refractivity contribution is -0.137. The van der Waals surface area contributed by atoms with Gasteiger partial charge in [-0.25, -0.2) is 0 Å². The molecule has 4 aliphatic rings. The van der Waals surface area contributed by atoms with Gasteiger partial charge in [0.2, 0.25) is 0 Å². The first kappa shape index (κ1) is 13.3. The Bertz CT molecular complexity index is 427. The number of Topliss-reactive ketones (excluding diaryl/α,β-unsaturated/α-hetero) is 1. The smallest absolute Gasteiger partial charge is 0.133 e. The van der Waals surface area contributed by atoms with Crippen molar-refractivity contribution in [2.24, 2.45) is 34.5 Å². The number of hydrogen-bond donors (Lipinski definition) is 0. The zero-order chi connectivity index (χ0) is 14.0. The van der Waals surface area contributed by atoms with Crippen LogP contribution in [-0.2, 0) is 4.79 Å². The molecule has 0 aromatic carbocycles. The van der Waals surface area contributed by atoms with Crippen molar-refractivity contribution in [2.45, 2.75) is 78.1 Å². The number of rotatable bonds is 0. The maximum Gasteiger partial charge on any atom is 0.133 e. The van der Waals surface area contributed by atoms with Gasteiger partial charge in [0.05, 0.1) is 0 Å². The summed E-state index contributed by atoms with van der Waals surface area (Å²) in [5, 5.41) is 0. The number of ketones is 1. The van der Waals surface area contributed by atoms with E-state index in [0.717, 1.165) is 36.5 Å². The van der Waals surface area contributed by atoms with E-state index in [9.17, 15) is 4.79 Å². The first-order chi connectivity index (χ1) is 9.53. The molecule has 0 bridgehead atoms. The van der Waals surface area contributed by atoms with E-state index in [1.54, 1.807) is 0 Å². The van der Waals surface area contributed by atoms with Crippen LogP contribution in [0.2, 0.25) is 0 Å². The highest BCUT2D eigenvalue weighted by molar-refractivity contribution is 5.79. The van der Waals surface area contributed by atoms with Gasteiger partial charge in [-0.05, 0) is 79.4 Å². The van der Waals surface area contributed by atoms with Crippen molar-refractivity contribution in [1.82, 2.24) is 0 Å². The first-order valence-electron chi connectivity index (χ1n) is 9.05. The summed E-state index contributed by atoms with van der Waals surface area (Å²) in [6.07, 6.45) is 13.1. The van der Waals surface area contributed by atoms with Crippen LogP contribution in [-0.4, -0.2) is 5.78 Å². The monoisotopic (exact) mass is 274 g/mol. The molecule has 0 aromatic rings. The summed E-state index contributed by atoms with van der Waals surface area (Å²) in [4.78, 5) is 11.9. The maximum absolute atomic E-state index is 11.9. The second-order valence-electron chi connectivity index (χ2n) is 8.98. The molecule has 0 unspecified atom stereocenters. The first-order valence-corrected chi connectivity index (χ1v) is 9.05. The van der Waals surface area contributed by atoms with E-state index in [-0.39, 0.29) is 0 Å². The van der Waals surface area contributed by atoms with Crippen LogP contribution in [0.3, 0.4) is 0 Å².